The summed E-state index contributed by atoms with van der Waals surface area (Å²) in [6.07, 6.45) is 0. The molecule has 0 amide bonds. The molecule has 1 aromatic carbocycles. The molecule has 0 atom stereocenters. The number of nitrogens with zero attached hydrogens (tertiary/aromatic N) is 1. The van der Waals surface area contributed by atoms with E-state index in [0.29, 0.717) is 6.54 Å². The van der Waals surface area contributed by atoms with Gasteiger partial charge in [-0.3, -0.25) is 0 Å². The van der Waals surface area contributed by atoms with Crippen LogP contribution >= 0.6 is 15.9 Å². The molecule has 0 bridgehead atoms. The normalized spacial score (nSPS) is 13.1. The van der Waals surface area contributed by atoms with Crippen LogP contribution in [0.4, 0.5) is 4.39 Å². The molecular weight excluding hydrogens is 321 g/mol. The van der Waals surface area contributed by atoms with Gasteiger partial charge in [0.1, 0.15) is 5.82 Å². The fraction of sp³-hybridized carbons (Fsp3) is 0.500. The zero-order valence-electron chi connectivity index (χ0n) is 10.9. The summed E-state index contributed by atoms with van der Waals surface area (Å²) in [4.78, 5) is 0.0793. The van der Waals surface area contributed by atoms with Gasteiger partial charge in [0.25, 0.3) is 0 Å². The molecule has 1 rings (SSSR count). The lowest BCUT2D eigenvalue weighted by Gasteiger charge is -2.26. The maximum Gasteiger partial charge on any atom is 0.243 e. The first-order valence-corrected chi connectivity index (χ1v) is 7.69. The van der Waals surface area contributed by atoms with Gasteiger partial charge in [-0.25, -0.2) is 17.1 Å². The van der Waals surface area contributed by atoms with Gasteiger partial charge in [0, 0.05) is 18.1 Å². The van der Waals surface area contributed by atoms with E-state index < -0.39 is 15.8 Å². The molecular formula is C12H17BrFNO2S. The summed E-state index contributed by atoms with van der Waals surface area (Å²) in [5.41, 5.74) is -0.145. The molecule has 0 saturated heterocycles. The quantitative estimate of drug-likeness (QED) is 0.848. The lowest BCUT2D eigenvalue weighted by molar-refractivity contribution is 0.310. The van der Waals surface area contributed by atoms with Crippen LogP contribution in [0, 0.1) is 11.2 Å². The Bertz CT molecular complexity index is 537. The molecule has 0 aliphatic rings. The first-order valence-electron chi connectivity index (χ1n) is 5.45. The SMILES string of the molecule is CN(CC(C)(C)C)S(=O)(=O)c1ccc(F)cc1Br. The van der Waals surface area contributed by atoms with E-state index in [1.54, 1.807) is 0 Å². The number of benzene rings is 1. The van der Waals surface area contributed by atoms with Crippen LogP contribution in [0.5, 0.6) is 0 Å². The van der Waals surface area contributed by atoms with Crippen LogP contribution in [0.15, 0.2) is 27.6 Å². The fourth-order valence-electron chi connectivity index (χ4n) is 1.61. The Morgan fingerprint density at radius 2 is 1.89 bits per heavy atom. The highest BCUT2D eigenvalue weighted by atomic mass is 79.9. The second-order valence-electron chi connectivity index (χ2n) is 5.40. The molecule has 102 valence electrons. The summed E-state index contributed by atoms with van der Waals surface area (Å²) >= 11 is 3.09. The second kappa shape index (κ2) is 5.27. The zero-order valence-corrected chi connectivity index (χ0v) is 13.3. The largest absolute Gasteiger partial charge is 0.243 e. The molecule has 0 aromatic heterocycles. The Labute approximate surface area is 116 Å². The summed E-state index contributed by atoms with van der Waals surface area (Å²) in [6.45, 7) is 6.26. The van der Waals surface area contributed by atoms with Gasteiger partial charge in [0.15, 0.2) is 0 Å². The van der Waals surface area contributed by atoms with Crippen molar-refractivity contribution in [3.63, 3.8) is 0 Å². The molecule has 0 heterocycles. The summed E-state index contributed by atoms with van der Waals surface area (Å²) in [7, 11) is -2.08. The smallest absolute Gasteiger partial charge is 0.207 e. The summed E-state index contributed by atoms with van der Waals surface area (Å²) in [5, 5.41) is 0. The predicted molar refractivity (Wildman–Crippen MR) is 73.4 cm³/mol. The van der Waals surface area contributed by atoms with Crippen molar-refractivity contribution in [2.24, 2.45) is 5.41 Å². The van der Waals surface area contributed by atoms with E-state index in [-0.39, 0.29) is 14.8 Å². The van der Waals surface area contributed by atoms with Crippen molar-refractivity contribution in [1.29, 1.82) is 0 Å². The second-order valence-corrected chi connectivity index (χ2v) is 8.26. The summed E-state index contributed by atoms with van der Waals surface area (Å²) in [6, 6.07) is 3.56. The fourth-order valence-corrected chi connectivity index (χ4v) is 4.01. The van der Waals surface area contributed by atoms with Gasteiger partial charge in [0.05, 0.1) is 4.90 Å². The minimum absolute atomic E-state index is 0.0793. The van der Waals surface area contributed by atoms with Gasteiger partial charge in [0.2, 0.25) is 10.0 Å². The van der Waals surface area contributed by atoms with Crippen LogP contribution in [0.1, 0.15) is 20.8 Å². The van der Waals surface area contributed by atoms with Gasteiger partial charge < -0.3 is 0 Å². The van der Waals surface area contributed by atoms with Gasteiger partial charge in [-0.1, -0.05) is 20.8 Å². The highest BCUT2D eigenvalue weighted by molar-refractivity contribution is 9.10. The van der Waals surface area contributed by atoms with E-state index in [9.17, 15) is 12.8 Å². The van der Waals surface area contributed by atoms with E-state index >= 15 is 0 Å². The lowest BCUT2D eigenvalue weighted by Crippen LogP contribution is -2.34. The minimum Gasteiger partial charge on any atom is -0.207 e. The van der Waals surface area contributed by atoms with E-state index in [2.05, 4.69) is 15.9 Å². The van der Waals surface area contributed by atoms with Crippen molar-refractivity contribution in [3.05, 3.63) is 28.5 Å². The van der Waals surface area contributed by atoms with Crippen molar-refractivity contribution < 1.29 is 12.8 Å². The molecule has 0 N–H and O–H groups in total. The maximum atomic E-state index is 13.0. The average molecular weight is 338 g/mol. The Hall–Kier alpha value is -0.460. The van der Waals surface area contributed by atoms with Crippen molar-refractivity contribution in [2.75, 3.05) is 13.6 Å². The Balaban J connectivity index is 3.14. The van der Waals surface area contributed by atoms with Crippen LogP contribution in [-0.2, 0) is 10.0 Å². The van der Waals surface area contributed by atoms with Crippen molar-refractivity contribution in [3.8, 4) is 0 Å². The van der Waals surface area contributed by atoms with Crippen molar-refractivity contribution >= 4 is 26.0 Å². The molecule has 1 aromatic rings. The molecule has 6 heteroatoms. The van der Waals surface area contributed by atoms with Crippen LogP contribution in [0.3, 0.4) is 0 Å². The van der Waals surface area contributed by atoms with Crippen molar-refractivity contribution in [2.45, 2.75) is 25.7 Å². The first-order chi connectivity index (χ1) is 8.04. The predicted octanol–water partition coefficient (Wildman–Crippen LogP) is 3.25. The van der Waals surface area contributed by atoms with E-state index in [0.717, 1.165) is 12.1 Å². The van der Waals surface area contributed by atoms with E-state index in [1.807, 2.05) is 20.8 Å². The highest BCUT2D eigenvalue weighted by Gasteiger charge is 2.27. The third-order valence-corrected chi connectivity index (χ3v) is 5.06. The van der Waals surface area contributed by atoms with Crippen LogP contribution < -0.4 is 0 Å². The molecule has 0 saturated carbocycles. The molecule has 0 fully saturated rings. The Morgan fingerprint density at radius 1 is 1.33 bits per heavy atom. The minimum atomic E-state index is -3.60. The Kier molecular flexibility index (Phi) is 4.56. The first kappa shape index (κ1) is 15.6. The summed E-state index contributed by atoms with van der Waals surface area (Å²) in [5.74, 6) is -0.473. The molecule has 0 aliphatic carbocycles. The van der Waals surface area contributed by atoms with Gasteiger partial charge >= 0.3 is 0 Å². The van der Waals surface area contributed by atoms with Crippen molar-refractivity contribution in [1.82, 2.24) is 4.31 Å². The maximum absolute atomic E-state index is 13.0. The number of rotatable bonds is 3. The number of halogens is 2. The van der Waals surface area contributed by atoms with Crippen LogP contribution in [-0.4, -0.2) is 26.3 Å². The molecule has 3 nitrogen and oxygen atoms in total. The van der Waals surface area contributed by atoms with Gasteiger partial charge in [-0.15, -0.1) is 0 Å². The highest BCUT2D eigenvalue weighted by Crippen LogP contribution is 2.27. The number of hydrogen-bond acceptors (Lipinski definition) is 2. The molecule has 0 unspecified atom stereocenters. The summed E-state index contributed by atoms with van der Waals surface area (Å²) < 4.78 is 39.1. The standard InChI is InChI=1S/C12H17BrFNO2S/c1-12(2,3)8-15(4)18(16,17)11-6-5-9(14)7-10(11)13/h5-7H,8H2,1-4H3. The van der Waals surface area contributed by atoms with Gasteiger partial charge in [-0.2, -0.15) is 0 Å². The lowest BCUT2D eigenvalue weighted by atomic mass is 9.97. The number of hydrogen-bond donors (Lipinski definition) is 0. The van der Waals surface area contributed by atoms with Gasteiger partial charge in [-0.05, 0) is 39.5 Å². The van der Waals surface area contributed by atoms with Crippen LogP contribution in [0.25, 0.3) is 0 Å². The topological polar surface area (TPSA) is 37.4 Å². The molecule has 18 heavy (non-hydrogen) atoms. The van der Waals surface area contributed by atoms with Crippen LogP contribution in [0.2, 0.25) is 0 Å². The molecule has 0 spiro atoms. The van der Waals surface area contributed by atoms with E-state index in [1.165, 1.54) is 17.4 Å². The third kappa shape index (κ3) is 3.76. The average Bonchev–Trinajstić information content (AvgIpc) is 2.13. The van der Waals surface area contributed by atoms with E-state index in [4.69, 9.17) is 0 Å². The third-order valence-electron chi connectivity index (χ3n) is 2.28. The Morgan fingerprint density at radius 3 is 2.33 bits per heavy atom. The molecule has 0 aliphatic heterocycles. The zero-order chi connectivity index (χ0) is 14.1. The monoisotopic (exact) mass is 337 g/mol. The molecule has 0 radical (unpaired) electrons. The number of sulfonamides is 1.